The number of benzene rings is 1. The highest BCUT2D eigenvalue weighted by Crippen LogP contribution is 2.29. The highest BCUT2D eigenvalue weighted by molar-refractivity contribution is 7.17. The van der Waals surface area contributed by atoms with Crippen LogP contribution < -0.4 is 4.90 Å². The summed E-state index contributed by atoms with van der Waals surface area (Å²) < 4.78 is 3.39. The Morgan fingerprint density at radius 2 is 2.09 bits per heavy atom. The highest BCUT2D eigenvalue weighted by Gasteiger charge is 2.23. The first-order valence-electron chi connectivity index (χ1n) is 8.07. The Labute approximate surface area is 140 Å². The zero-order valence-electron chi connectivity index (χ0n) is 13.5. The molecular weight excluding hydrogens is 304 g/mol. The van der Waals surface area contributed by atoms with Gasteiger partial charge in [0.2, 0.25) is 5.91 Å². The first kappa shape index (κ1) is 14.5. The van der Waals surface area contributed by atoms with Crippen LogP contribution in [-0.4, -0.2) is 17.0 Å². The number of amides is 1. The standard InChI is InChI=1S/C19H20N2OS/c1-13-5-6-16-15(10-13)4-3-8-20(16)19(22)12-21-14(2)11-18-17(21)7-9-23-18/h5-7,9-11H,3-4,8,12H2,1-2H3. The molecule has 118 valence electrons. The molecule has 4 rings (SSSR count). The number of aryl methyl sites for hydroxylation is 3. The molecular formula is C19H20N2OS. The molecule has 0 saturated heterocycles. The van der Waals surface area contributed by atoms with Crippen LogP contribution in [0.2, 0.25) is 0 Å². The van der Waals surface area contributed by atoms with E-state index in [4.69, 9.17) is 0 Å². The van der Waals surface area contributed by atoms with Gasteiger partial charge in [-0.3, -0.25) is 4.79 Å². The van der Waals surface area contributed by atoms with Crippen LogP contribution >= 0.6 is 11.3 Å². The van der Waals surface area contributed by atoms with E-state index in [1.54, 1.807) is 11.3 Å². The van der Waals surface area contributed by atoms with Crippen molar-refractivity contribution in [3.05, 3.63) is 52.5 Å². The van der Waals surface area contributed by atoms with Crippen molar-refractivity contribution in [2.24, 2.45) is 0 Å². The summed E-state index contributed by atoms with van der Waals surface area (Å²) in [5, 5.41) is 2.09. The molecule has 3 aromatic rings. The van der Waals surface area contributed by atoms with Gasteiger partial charge in [-0.05, 0) is 55.8 Å². The summed E-state index contributed by atoms with van der Waals surface area (Å²) in [6.07, 6.45) is 2.11. The normalized spacial score (nSPS) is 14.3. The van der Waals surface area contributed by atoms with Crippen LogP contribution in [0, 0.1) is 13.8 Å². The molecule has 1 aliphatic rings. The quantitative estimate of drug-likeness (QED) is 0.690. The van der Waals surface area contributed by atoms with Gasteiger partial charge < -0.3 is 9.47 Å². The number of nitrogens with zero attached hydrogens (tertiary/aromatic N) is 2. The van der Waals surface area contributed by atoms with Crippen molar-refractivity contribution >= 4 is 33.1 Å². The van der Waals surface area contributed by atoms with Gasteiger partial charge in [0.15, 0.2) is 0 Å². The number of carbonyl (C=O) groups excluding carboxylic acids is 1. The molecule has 23 heavy (non-hydrogen) atoms. The van der Waals surface area contributed by atoms with Crippen molar-refractivity contribution in [1.29, 1.82) is 0 Å². The summed E-state index contributed by atoms with van der Waals surface area (Å²) in [6.45, 7) is 5.42. The molecule has 0 fully saturated rings. The summed E-state index contributed by atoms with van der Waals surface area (Å²) >= 11 is 1.73. The van der Waals surface area contributed by atoms with Gasteiger partial charge in [-0.15, -0.1) is 11.3 Å². The molecule has 0 N–H and O–H groups in total. The van der Waals surface area contributed by atoms with E-state index < -0.39 is 0 Å². The van der Waals surface area contributed by atoms with Crippen molar-refractivity contribution in [2.75, 3.05) is 11.4 Å². The Kier molecular flexibility index (Phi) is 3.49. The first-order chi connectivity index (χ1) is 11.1. The number of thiophene rings is 1. The third-order valence-electron chi connectivity index (χ3n) is 4.68. The Bertz CT molecular complexity index is 890. The number of rotatable bonds is 2. The molecule has 0 saturated carbocycles. The van der Waals surface area contributed by atoms with Gasteiger partial charge in [-0.25, -0.2) is 0 Å². The summed E-state index contributed by atoms with van der Waals surface area (Å²) in [4.78, 5) is 14.9. The van der Waals surface area contributed by atoms with Crippen LogP contribution in [0.3, 0.4) is 0 Å². The SMILES string of the molecule is Cc1ccc2c(c1)CCCN2C(=O)Cn1c(C)cc2sccc21. The van der Waals surface area contributed by atoms with Gasteiger partial charge in [0.05, 0.1) is 10.2 Å². The van der Waals surface area contributed by atoms with E-state index in [-0.39, 0.29) is 5.91 Å². The summed E-state index contributed by atoms with van der Waals surface area (Å²) in [5.41, 5.74) is 5.98. The Morgan fingerprint density at radius 3 is 2.96 bits per heavy atom. The van der Waals surface area contributed by atoms with Crippen LogP contribution in [0.15, 0.2) is 35.7 Å². The fourth-order valence-electron chi connectivity index (χ4n) is 3.52. The molecule has 1 aromatic carbocycles. The van der Waals surface area contributed by atoms with Crippen LogP contribution in [0.25, 0.3) is 10.2 Å². The fourth-order valence-corrected chi connectivity index (χ4v) is 4.40. The zero-order valence-corrected chi connectivity index (χ0v) is 14.3. The summed E-state index contributed by atoms with van der Waals surface area (Å²) in [7, 11) is 0. The Balaban J connectivity index is 1.66. The average Bonchev–Trinajstić information content (AvgIpc) is 3.09. The van der Waals surface area contributed by atoms with Crippen molar-refractivity contribution < 1.29 is 4.79 Å². The van der Waals surface area contributed by atoms with Crippen LogP contribution in [0.1, 0.15) is 23.2 Å². The number of hydrogen-bond acceptors (Lipinski definition) is 2. The first-order valence-corrected chi connectivity index (χ1v) is 8.94. The third kappa shape index (κ3) is 2.47. The number of aromatic nitrogens is 1. The van der Waals surface area contributed by atoms with E-state index in [0.717, 1.165) is 30.8 Å². The molecule has 3 nitrogen and oxygen atoms in total. The molecule has 0 unspecified atom stereocenters. The monoisotopic (exact) mass is 324 g/mol. The Hall–Kier alpha value is -2.07. The van der Waals surface area contributed by atoms with Crippen molar-refractivity contribution in [3.63, 3.8) is 0 Å². The van der Waals surface area contributed by atoms with E-state index in [0.29, 0.717) is 6.54 Å². The minimum atomic E-state index is 0.182. The van der Waals surface area contributed by atoms with E-state index in [1.165, 1.54) is 21.3 Å². The second-order valence-electron chi connectivity index (χ2n) is 6.32. The topological polar surface area (TPSA) is 25.2 Å². The molecule has 0 aliphatic carbocycles. The molecule has 4 heteroatoms. The predicted molar refractivity (Wildman–Crippen MR) is 96.4 cm³/mol. The van der Waals surface area contributed by atoms with E-state index in [1.807, 2.05) is 4.90 Å². The molecule has 1 amide bonds. The number of carbonyl (C=O) groups is 1. The molecule has 0 bridgehead atoms. The molecule has 3 heterocycles. The number of fused-ring (bicyclic) bond motifs is 2. The fraction of sp³-hybridized carbons (Fsp3) is 0.316. The van der Waals surface area contributed by atoms with E-state index in [9.17, 15) is 4.79 Å². The van der Waals surface area contributed by atoms with Crippen molar-refractivity contribution in [1.82, 2.24) is 4.57 Å². The molecule has 0 atom stereocenters. The second kappa shape index (κ2) is 5.53. The van der Waals surface area contributed by atoms with Gasteiger partial charge >= 0.3 is 0 Å². The lowest BCUT2D eigenvalue weighted by atomic mass is 9.99. The lowest BCUT2D eigenvalue weighted by Crippen LogP contribution is -2.37. The van der Waals surface area contributed by atoms with Crippen molar-refractivity contribution in [3.8, 4) is 0 Å². The van der Waals surface area contributed by atoms with Gasteiger partial charge in [0.25, 0.3) is 0 Å². The van der Waals surface area contributed by atoms with Crippen LogP contribution in [0.4, 0.5) is 5.69 Å². The Morgan fingerprint density at radius 1 is 1.22 bits per heavy atom. The van der Waals surface area contributed by atoms with Crippen molar-refractivity contribution in [2.45, 2.75) is 33.2 Å². The highest BCUT2D eigenvalue weighted by atomic mass is 32.1. The molecule has 1 aliphatic heterocycles. The molecule has 2 aromatic heterocycles. The smallest absolute Gasteiger partial charge is 0.246 e. The molecule has 0 spiro atoms. The number of anilines is 1. The van der Waals surface area contributed by atoms with Gasteiger partial charge in [0, 0.05) is 17.9 Å². The van der Waals surface area contributed by atoms with Gasteiger partial charge in [-0.2, -0.15) is 0 Å². The lowest BCUT2D eigenvalue weighted by molar-refractivity contribution is -0.119. The van der Waals surface area contributed by atoms with E-state index >= 15 is 0 Å². The molecule has 0 radical (unpaired) electrons. The maximum atomic E-state index is 12.9. The minimum absolute atomic E-state index is 0.182. The number of hydrogen-bond donors (Lipinski definition) is 0. The summed E-state index contributed by atoms with van der Waals surface area (Å²) in [6, 6.07) is 10.7. The lowest BCUT2D eigenvalue weighted by Gasteiger charge is -2.30. The van der Waals surface area contributed by atoms with Gasteiger partial charge in [0.1, 0.15) is 6.54 Å². The van der Waals surface area contributed by atoms with Gasteiger partial charge in [-0.1, -0.05) is 17.7 Å². The largest absolute Gasteiger partial charge is 0.335 e. The van der Waals surface area contributed by atoms with E-state index in [2.05, 4.69) is 54.1 Å². The predicted octanol–water partition coefficient (Wildman–Crippen LogP) is 4.30. The average molecular weight is 324 g/mol. The third-order valence-corrected chi connectivity index (χ3v) is 5.53. The van der Waals surface area contributed by atoms with Crippen LogP contribution in [-0.2, 0) is 17.8 Å². The maximum Gasteiger partial charge on any atom is 0.246 e. The summed E-state index contributed by atoms with van der Waals surface area (Å²) in [5.74, 6) is 0.182. The minimum Gasteiger partial charge on any atom is -0.335 e. The second-order valence-corrected chi connectivity index (χ2v) is 7.27. The zero-order chi connectivity index (χ0) is 16.0. The van der Waals surface area contributed by atoms with Crippen LogP contribution in [0.5, 0.6) is 0 Å². The maximum absolute atomic E-state index is 12.9.